The van der Waals surface area contributed by atoms with E-state index in [0.717, 1.165) is 0 Å². The van der Waals surface area contributed by atoms with Crippen LogP contribution in [-0.2, 0) is 4.79 Å². The van der Waals surface area contributed by atoms with Gasteiger partial charge in [-0.05, 0) is 12.1 Å². The van der Waals surface area contributed by atoms with Crippen LogP contribution in [0, 0.1) is 0 Å². The summed E-state index contributed by atoms with van der Waals surface area (Å²) in [7, 11) is 0. The standard InChI is InChI=1S/C4H5N.C2H3FO2.FH.H3N/c1-2-4-5-3-1;3-1-2(4)5;;/h1-5H;1H2,(H,4,5);1H;1H3. The second-order valence-electron chi connectivity index (χ2n) is 1.41. The highest BCUT2D eigenvalue weighted by Crippen LogP contribution is 1.72. The van der Waals surface area contributed by atoms with Crippen LogP contribution in [0.2, 0.25) is 0 Å². The van der Waals surface area contributed by atoms with E-state index in [4.69, 9.17) is 9.90 Å². The summed E-state index contributed by atoms with van der Waals surface area (Å²) in [5.74, 6) is -1.41. The number of hydrogen-bond donors (Lipinski definition) is 3. The average molecular weight is 182 g/mol. The van der Waals surface area contributed by atoms with Crippen LogP contribution < -0.4 is 6.15 Å². The highest BCUT2D eigenvalue weighted by Gasteiger charge is 1.85. The molecule has 0 radical (unpaired) electrons. The number of aromatic nitrogens is 1. The van der Waals surface area contributed by atoms with Gasteiger partial charge < -0.3 is 16.2 Å². The van der Waals surface area contributed by atoms with Crippen molar-refractivity contribution in [2.24, 2.45) is 0 Å². The molecule has 1 aromatic heterocycles. The van der Waals surface area contributed by atoms with Gasteiger partial charge in [-0.25, -0.2) is 9.18 Å². The van der Waals surface area contributed by atoms with E-state index in [1.807, 2.05) is 24.5 Å². The van der Waals surface area contributed by atoms with Crippen LogP contribution in [0.25, 0.3) is 0 Å². The molecule has 0 atom stereocenters. The van der Waals surface area contributed by atoms with Gasteiger partial charge in [0.25, 0.3) is 0 Å². The normalized spacial score (nSPS) is 6.42. The molecule has 1 rings (SSSR count). The molecule has 0 fully saturated rings. The monoisotopic (exact) mass is 182 g/mol. The summed E-state index contributed by atoms with van der Waals surface area (Å²) in [6.45, 7) is -1.28. The van der Waals surface area contributed by atoms with Gasteiger partial charge in [0.15, 0.2) is 6.67 Å². The Morgan fingerprint density at radius 3 is 1.83 bits per heavy atom. The number of aromatic amines is 1. The molecule has 5 N–H and O–H groups in total. The first-order chi connectivity index (χ1) is 4.77. The van der Waals surface area contributed by atoms with Gasteiger partial charge in [-0.3, -0.25) is 4.70 Å². The van der Waals surface area contributed by atoms with Crippen LogP contribution in [0.3, 0.4) is 0 Å². The molecule has 0 aliphatic rings. The van der Waals surface area contributed by atoms with Crippen molar-refractivity contribution in [1.29, 1.82) is 0 Å². The number of rotatable bonds is 1. The lowest BCUT2D eigenvalue weighted by Crippen LogP contribution is -1.93. The van der Waals surface area contributed by atoms with Crippen molar-refractivity contribution in [3.8, 4) is 0 Å². The van der Waals surface area contributed by atoms with E-state index >= 15 is 0 Å². The second-order valence-corrected chi connectivity index (χ2v) is 1.41. The van der Waals surface area contributed by atoms with E-state index in [-0.39, 0.29) is 10.9 Å². The first-order valence-corrected chi connectivity index (χ1v) is 2.63. The molecule has 1 heterocycles. The molecule has 0 amide bonds. The van der Waals surface area contributed by atoms with Gasteiger partial charge in [0.2, 0.25) is 0 Å². The molecule has 0 unspecified atom stereocenters. The number of hydrogen-bond acceptors (Lipinski definition) is 2. The highest BCUT2D eigenvalue weighted by atomic mass is 19.1. The molecule has 0 saturated carbocycles. The number of halogens is 2. The SMILES string of the molecule is F.N.O=C(O)CF.c1cc[nH]c1. The zero-order valence-corrected chi connectivity index (χ0v) is 6.37. The van der Waals surface area contributed by atoms with E-state index in [9.17, 15) is 4.39 Å². The fraction of sp³-hybridized carbons (Fsp3) is 0.167. The molecule has 12 heavy (non-hydrogen) atoms. The topological polar surface area (TPSA) is 88.1 Å². The maximum atomic E-state index is 10.5. The highest BCUT2D eigenvalue weighted by molar-refractivity contribution is 5.67. The third-order valence-corrected chi connectivity index (χ3v) is 0.610. The number of aliphatic carboxylic acids is 1. The van der Waals surface area contributed by atoms with E-state index in [0.29, 0.717) is 0 Å². The Morgan fingerprint density at radius 1 is 1.42 bits per heavy atom. The Hall–Kier alpha value is -1.43. The minimum atomic E-state index is -1.41. The van der Waals surface area contributed by atoms with Gasteiger partial charge in [0.1, 0.15) is 0 Å². The number of alkyl halides is 1. The summed E-state index contributed by atoms with van der Waals surface area (Å²) < 4.78 is 10.5. The van der Waals surface area contributed by atoms with E-state index < -0.39 is 12.6 Å². The minimum Gasteiger partial charge on any atom is -0.479 e. The van der Waals surface area contributed by atoms with E-state index in [1.54, 1.807) is 0 Å². The largest absolute Gasteiger partial charge is 0.479 e. The van der Waals surface area contributed by atoms with Gasteiger partial charge >= 0.3 is 5.97 Å². The molecule has 0 spiro atoms. The van der Waals surface area contributed by atoms with E-state index in [1.165, 1.54) is 0 Å². The third-order valence-electron chi connectivity index (χ3n) is 0.610. The summed E-state index contributed by atoms with van der Waals surface area (Å²) in [6, 6.07) is 3.89. The van der Waals surface area contributed by atoms with Crippen LogP contribution in [0.15, 0.2) is 24.5 Å². The Kier molecular flexibility index (Phi) is 17.3. The van der Waals surface area contributed by atoms with Crippen molar-refractivity contribution in [3.63, 3.8) is 0 Å². The summed E-state index contributed by atoms with van der Waals surface area (Å²) in [4.78, 5) is 11.9. The Bertz CT molecular complexity index is 151. The molecule has 0 aliphatic carbocycles. The maximum Gasteiger partial charge on any atom is 0.335 e. The van der Waals surface area contributed by atoms with Crippen LogP contribution in [0.1, 0.15) is 0 Å². The lowest BCUT2D eigenvalue weighted by molar-refractivity contribution is -0.137. The molecule has 0 aromatic carbocycles. The van der Waals surface area contributed by atoms with Crippen LogP contribution >= 0.6 is 0 Å². The summed E-state index contributed by atoms with van der Waals surface area (Å²) in [5.41, 5.74) is 0. The lowest BCUT2D eigenvalue weighted by atomic mass is 10.7. The van der Waals surface area contributed by atoms with Crippen molar-refractivity contribution in [1.82, 2.24) is 11.1 Å². The van der Waals surface area contributed by atoms with Crippen molar-refractivity contribution >= 4 is 5.97 Å². The Morgan fingerprint density at radius 2 is 1.75 bits per heavy atom. The first kappa shape index (κ1) is 16.9. The Balaban J connectivity index is -0.000000116. The molecule has 4 nitrogen and oxygen atoms in total. The third kappa shape index (κ3) is 15.8. The van der Waals surface area contributed by atoms with E-state index in [2.05, 4.69) is 4.98 Å². The molecular formula is C6H12F2N2O2. The average Bonchev–Trinajstić information content (AvgIpc) is 2.43. The quantitative estimate of drug-likeness (QED) is 0.612. The fourth-order valence-corrected chi connectivity index (χ4v) is 0.278. The number of carboxylic acid groups (broad SMARTS) is 1. The molecule has 72 valence electrons. The Labute approximate surface area is 68.4 Å². The van der Waals surface area contributed by atoms with Crippen molar-refractivity contribution in [2.75, 3.05) is 6.67 Å². The van der Waals surface area contributed by atoms with Gasteiger partial charge in [0, 0.05) is 12.4 Å². The zero-order chi connectivity index (χ0) is 7.82. The summed E-state index contributed by atoms with van der Waals surface area (Å²) >= 11 is 0. The van der Waals surface area contributed by atoms with Crippen LogP contribution in [0.5, 0.6) is 0 Å². The maximum absolute atomic E-state index is 10.5. The lowest BCUT2D eigenvalue weighted by Gasteiger charge is -1.69. The number of carboxylic acids is 1. The summed E-state index contributed by atoms with van der Waals surface area (Å²) in [6.07, 6.45) is 3.75. The van der Waals surface area contributed by atoms with Gasteiger partial charge in [-0.2, -0.15) is 0 Å². The predicted octanol–water partition coefficient (Wildman–Crippen LogP) is 1.37. The van der Waals surface area contributed by atoms with Crippen LogP contribution in [-0.4, -0.2) is 22.7 Å². The fourth-order valence-electron chi connectivity index (χ4n) is 0.278. The molecule has 1 aromatic rings. The summed E-state index contributed by atoms with van der Waals surface area (Å²) in [5, 5.41) is 7.35. The van der Waals surface area contributed by atoms with Crippen molar-refractivity contribution in [2.45, 2.75) is 0 Å². The van der Waals surface area contributed by atoms with Gasteiger partial charge in [-0.15, -0.1) is 0 Å². The predicted molar refractivity (Wildman–Crippen MR) is 41.9 cm³/mol. The van der Waals surface area contributed by atoms with Crippen LogP contribution in [0.4, 0.5) is 9.09 Å². The number of nitrogens with one attached hydrogen (secondary N) is 1. The first-order valence-electron chi connectivity index (χ1n) is 2.63. The molecule has 0 bridgehead atoms. The van der Waals surface area contributed by atoms with Gasteiger partial charge in [-0.1, -0.05) is 0 Å². The minimum absolute atomic E-state index is 0. The molecular weight excluding hydrogens is 170 g/mol. The zero-order valence-electron chi connectivity index (χ0n) is 6.37. The van der Waals surface area contributed by atoms with Crippen molar-refractivity contribution < 1.29 is 19.0 Å². The molecule has 0 saturated heterocycles. The van der Waals surface area contributed by atoms with Crippen molar-refractivity contribution in [3.05, 3.63) is 24.5 Å². The van der Waals surface area contributed by atoms with Gasteiger partial charge in [0.05, 0.1) is 0 Å². The molecule has 6 heteroatoms. The molecule has 0 aliphatic heterocycles. The second kappa shape index (κ2) is 12.3. The number of carbonyl (C=O) groups is 1. The smallest absolute Gasteiger partial charge is 0.335 e. The number of H-pyrrole nitrogens is 1.